The summed E-state index contributed by atoms with van der Waals surface area (Å²) in [6.45, 7) is 7.17. The normalized spacial score (nSPS) is 12.2. The van der Waals surface area contributed by atoms with Gasteiger partial charge >= 0.3 is 0 Å². The summed E-state index contributed by atoms with van der Waals surface area (Å²) in [5.74, 6) is 0. The zero-order valence-corrected chi connectivity index (χ0v) is 12.7. The molecule has 0 atom stereocenters. The molecule has 0 rings (SSSR count). The van der Waals surface area contributed by atoms with Gasteiger partial charge < -0.3 is 10.6 Å². The highest BCUT2D eigenvalue weighted by Crippen LogP contribution is 1.97. The quantitative estimate of drug-likeness (QED) is 0.414. The van der Waals surface area contributed by atoms with E-state index in [4.69, 9.17) is 4.18 Å². The van der Waals surface area contributed by atoms with Gasteiger partial charge in [-0.15, -0.1) is 0 Å². The minimum Gasteiger partial charge on any atom is -0.314 e. The Hall–Kier alpha value is -0.170. The Balaban J connectivity index is 3.92. The Morgan fingerprint density at radius 1 is 1.00 bits per heavy atom. The summed E-state index contributed by atoms with van der Waals surface area (Å²) in [6, 6.07) is 0. The van der Waals surface area contributed by atoms with Gasteiger partial charge in [0.15, 0.2) is 0 Å². The molecule has 0 radical (unpaired) electrons. The van der Waals surface area contributed by atoms with E-state index in [0.717, 1.165) is 45.0 Å². The van der Waals surface area contributed by atoms with Crippen LogP contribution in [0.15, 0.2) is 0 Å². The van der Waals surface area contributed by atoms with Crippen molar-refractivity contribution in [1.82, 2.24) is 10.6 Å². The molecule has 2 N–H and O–H groups in total. The first-order valence-electron chi connectivity index (χ1n) is 6.79. The second-order valence-electron chi connectivity index (χ2n) is 4.54. The number of hydrogen-bond acceptors (Lipinski definition) is 5. The van der Waals surface area contributed by atoms with Gasteiger partial charge in [0.2, 0.25) is 0 Å². The van der Waals surface area contributed by atoms with Crippen molar-refractivity contribution < 1.29 is 12.6 Å². The number of hydrogen-bond donors (Lipinski definition) is 2. The predicted octanol–water partition coefficient (Wildman–Crippen LogP) is 1.11. The van der Waals surface area contributed by atoms with Gasteiger partial charge in [-0.3, -0.25) is 4.18 Å². The van der Waals surface area contributed by atoms with Crippen LogP contribution in [0.5, 0.6) is 0 Å². The van der Waals surface area contributed by atoms with Gasteiger partial charge in [0.25, 0.3) is 10.1 Å². The average Bonchev–Trinajstić information content (AvgIpc) is 2.28. The lowest BCUT2D eigenvalue weighted by Gasteiger charge is -2.17. The van der Waals surface area contributed by atoms with E-state index in [0.29, 0.717) is 13.1 Å². The van der Waals surface area contributed by atoms with Crippen molar-refractivity contribution in [1.29, 1.82) is 0 Å². The molecule has 0 aromatic rings. The fourth-order valence-electron chi connectivity index (χ4n) is 1.52. The van der Waals surface area contributed by atoms with Crippen LogP contribution in [0, 0.1) is 0 Å². The largest absolute Gasteiger partial charge is 0.314 e. The molecule has 0 unspecified atom stereocenters. The van der Waals surface area contributed by atoms with Crippen LogP contribution in [0.1, 0.15) is 39.5 Å². The molecule has 0 spiro atoms. The van der Waals surface area contributed by atoms with E-state index in [-0.39, 0.29) is 6.10 Å². The summed E-state index contributed by atoms with van der Waals surface area (Å²) in [6.07, 6.45) is 5.20. The molecule has 0 heterocycles. The average molecular weight is 280 g/mol. The summed E-state index contributed by atoms with van der Waals surface area (Å²) in [7, 11) is -3.39. The Morgan fingerprint density at radius 3 is 1.78 bits per heavy atom. The summed E-state index contributed by atoms with van der Waals surface area (Å²) < 4.78 is 27.3. The smallest absolute Gasteiger partial charge is 0.264 e. The summed E-state index contributed by atoms with van der Waals surface area (Å²) in [5.41, 5.74) is 0. The van der Waals surface area contributed by atoms with E-state index < -0.39 is 10.1 Å². The number of nitrogens with one attached hydrogen (secondary N) is 2. The molecule has 0 fully saturated rings. The fourth-order valence-corrected chi connectivity index (χ4v) is 2.15. The number of rotatable bonds is 12. The first-order valence-corrected chi connectivity index (χ1v) is 8.61. The van der Waals surface area contributed by atoms with Gasteiger partial charge in [-0.1, -0.05) is 26.7 Å². The van der Waals surface area contributed by atoms with Crippen molar-refractivity contribution in [3.63, 3.8) is 0 Å². The second-order valence-corrected chi connectivity index (χ2v) is 6.14. The third kappa shape index (κ3) is 12.3. The van der Waals surface area contributed by atoms with Crippen LogP contribution in [-0.4, -0.2) is 47.0 Å². The molecule has 0 amide bonds. The van der Waals surface area contributed by atoms with Gasteiger partial charge in [-0.2, -0.15) is 8.42 Å². The van der Waals surface area contributed by atoms with Crippen molar-refractivity contribution in [2.24, 2.45) is 0 Å². The molecule has 6 heteroatoms. The maximum Gasteiger partial charge on any atom is 0.264 e. The summed E-state index contributed by atoms with van der Waals surface area (Å²) in [4.78, 5) is 0. The molecular weight excluding hydrogens is 252 g/mol. The SMILES string of the molecule is CCCCNCC(CNCCCC)OS(C)(=O)=O. The zero-order chi connectivity index (χ0) is 13.9. The minimum absolute atomic E-state index is 0.325. The first kappa shape index (κ1) is 17.8. The third-order valence-electron chi connectivity index (χ3n) is 2.47. The molecule has 18 heavy (non-hydrogen) atoms. The molecule has 0 bridgehead atoms. The molecule has 5 nitrogen and oxygen atoms in total. The zero-order valence-electron chi connectivity index (χ0n) is 11.9. The molecule has 0 saturated carbocycles. The van der Waals surface area contributed by atoms with Crippen LogP contribution in [0.4, 0.5) is 0 Å². The van der Waals surface area contributed by atoms with Crippen molar-refractivity contribution in [2.75, 3.05) is 32.4 Å². The van der Waals surface area contributed by atoms with E-state index in [9.17, 15) is 8.42 Å². The predicted molar refractivity (Wildman–Crippen MR) is 75.3 cm³/mol. The molecule has 0 aliphatic rings. The minimum atomic E-state index is -3.39. The highest BCUT2D eigenvalue weighted by Gasteiger charge is 2.14. The molecule has 0 aliphatic carbocycles. The molecular formula is C12H28N2O3S. The Bertz CT molecular complexity index is 269. The second kappa shape index (κ2) is 10.7. The lowest BCUT2D eigenvalue weighted by atomic mass is 10.3. The van der Waals surface area contributed by atoms with Crippen LogP contribution in [-0.2, 0) is 14.3 Å². The van der Waals surface area contributed by atoms with Crippen LogP contribution < -0.4 is 10.6 Å². The van der Waals surface area contributed by atoms with E-state index in [2.05, 4.69) is 24.5 Å². The summed E-state index contributed by atoms with van der Waals surface area (Å²) in [5, 5.41) is 6.44. The highest BCUT2D eigenvalue weighted by molar-refractivity contribution is 7.86. The molecule has 110 valence electrons. The van der Waals surface area contributed by atoms with E-state index in [1.807, 2.05) is 0 Å². The van der Waals surface area contributed by atoms with Gasteiger partial charge in [0.1, 0.15) is 6.10 Å². The summed E-state index contributed by atoms with van der Waals surface area (Å²) >= 11 is 0. The first-order chi connectivity index (χ1) is 8.49. The van der Waals surface area contributed by atoms with Crippen molar-refractivity contribution in [3.8, 4) is 0 Å². The Labute approximate surface area is 112 Å². The molecule has 0 aromatic heterocycles. The van der Waals surface area contributed by atoms with Gasteiger partial charge in [0.05, 0.1) is 6.26 Å². The van der Waals surface area contributed by atoms with Crippen molar-refractivity contribution in [3.05, 3.63) is 0 Å². The van der Waals surface area contributed by atoms with Crippen LogP contribution in [0.2, 0.25) is 0 Å². The lowest BCUT2D eigenvalue weighted by molar-refractivity contribution is 0.203. The van der Waals surface area contributed by atoms with E-state index >= 15 is 0 Å². The van der Waals surface area contributed by atoms with Crippen LogP contribution in [0.25, 0.3) is 0 Å². The van der Waals surface area contributed by atoms with Gasteiger partial charge in [-0.25, -0.2) is 0 Å². The molecule has 0 saturated heterocycles. The van der Waals surface area contributed by atoms with E-state index in [1.165, 1.54) is 0 Å². The molecule has 0 aliphatic heterocycles. The van der Waals surface area contributed by atoms with E-state index in [1.54, 1.807) is 0 Å². The monoisotopic (exact) mass is 280 g/mol. The van der Waals surface area contributed by atoms with Crippen LogP contribution in [0.3, 0.4) is 0 Å². The standard InChI is InChI=1S/C12H28N2O3S/c1-4-6-8-13-10-12(17-18(3,15)16)11-14-9-7-5-2/h12-14H,4-11H2,1-3H3. The highest BCUT2D eigenvalue weighted by atomic mass is 32.2. The Morgan fingerprint density at radius 2 is 1.44 bits per heavy atom. The van der Waals surface area contributed by atoms with Crippen molar-refractivity contribution in [2.45, 2.75) is 45.6 Å². The lowest BCUT2D eigenvalue weighted by Crippen LogP contribution is -2.39. The molecule has 0 aromatic carbocycles. The maximum atomic E-state index is 11.1. The number of unbranched alkanes of at least 4 members (excludes halogenated alkanes) is 2. The van der Waals surface area contributed by atoms with Gasteiger partial charge in [-0.05, 0) is 25.9 Å². The fraction of sp³-hybridized carbons (Fsp3) is 1.00. The third-order valence-corrected chi connectivity index (χ3v) is 3.09. The van der Waals surface area contributed by atoms with Crippen LogP contribution >= 0.6 is 0 Å². The Kier molecular flexibility index (Phi) is 10.6. The van der Waals surface area contributed by atoms with Crippen molar-refractivity contribution >= 4 is 10.1 Å². The maximum absolute atomic E-state index is 11.1. The topological polar surface area (TPSA) is 67.4 Å². The van der Waals surface area contributed by atoms with Gasteiger partial charge in [0, 0.05) is 13.1 Å².